The van der Waals surface area contributed by atoms with Crippen molar-refractivity contribution in [3.63, 3.8) is 0 Å². The second-order valence-electron chi connectivity index (χ2n) is 7.46. The van der Waals surface area contributed by atoms with E-state index < -0.39 is 5.76 Å². The van der Waals surface area contributed by atoms with Gasteiger partial charge >= 0.3 is 5.76 Å². The van der Waals surface area contributed by atoms with Crippen molar-refractivity contribution in [1.29, 1.82) is 0 Å². The van der Waals surface area contributed by atoms with Crippen molar-refractivity contribution in [3.8, 4) is 5.75 Å². The average molecular weight is 394 g/mol. The molecule has 1 atom stereocenters. The fourth-order valence-corrected chi connectivity index (χ4v) is 4.16. The Bertz CT molecular complexity index is 1030. The van der Waals surface area contributed by atoms with E-state index in [2.05, 4.69) is 0 Å². The topological polar surface area (TPSA) is 64.7 Å². The molecule has 3 aromatic rings. The minimum atomic E-state index is -0.415. The van der Waals surface area contributed by atoms with E-state index in [9.17, 15) is 9.59 Å². The fraction of sp³-hybridized carbons (Fsp3) is 0.391. The molecule has 1 aliphatic heterocycles. The Balaban J connectivity index is 1.52. The number of methoxy groups -OCH3 is 1. The number of benzene rings is 2. The zero-order chi connectivity index (χ0) is 20.2. The van der Waals surface area contributed by atoms with Crippen molar-refractivity contribution in [1.82, 2.24) is 9.47 Å². The number of fused-ring (bicyclic) bond motifs is 1. The Morgan fingerprint density at radius 2 is 1.90 bits per heavy atom. The summed E-state index contributed by atoms with van der Waals surface area (Å²) in [6.07, 6.45) is 4.46. The van der Waals surface area contributed by atoms with Gasteiger partial charge in [0.05, 0.1) is 18.7 Å². The number of oxazole rings is 1. The normalized spacial score (nSPS) is 17.3. The third kappa shape index (κ3) is 4.06. The maximum absolute atomic E-state index is 13.2. The number of hydrogen-bond donors (Lipinski definition) is 0. The number of carbonyl (C=O) groups excluding carboxylic acids is 1. The van der Waals surface area contributed by atoms with Gasteiger partial charge in [0, 0.05) is 19.5 Å². The lowest BCUT2D eigenvalue weighted by Gasteiger charge is -2.30. The predicted octanol–water partition coefficient (Wildman–Crippen LogP) is 4.14. The number of nitrogens with zero attached hydrogens (tertiary/aromatic N) is 2. The average Bonchev–Trinajstić information content (AvgIpc) is 2.91. The van der Waals surface area contributed by atoms with Crippen LogP contribution in [0.15, 0.2) is 57.7 Å². The van der Waals surface area contributed by atoms with Crippen molar-refractivity contribution < 1.29 is 13.9 Å². The Kier molecular flexibility index (Phi) is 5.69. The van der Waals surface area contributed by atoms with Crippen LogP contribution < -0.4 is 10.5 Å². The summed E-state index contributed by atoms with van der Waals surface area (Å²) in [7, 11) is 1.65. The zero-order valence-corrected chi connectivity index (χ0v) is 16.7. The SMILES string of the molecule is COc1ccc([C@H]2CCCCCN2C(=O)CCn2c(=O)oc3ccccc32)cc1. The highest BCUT2D eigenvalue weighted by Crippen LogP contribution is 2.31. The van der Waals surface area contributed by atoms with Crippen molar-refractivity contribution in [2.75, 3.05) is 13.7 Å². The van der Waals surface area contributed by atoms with E-state index in [-0.39, 0.29) is 18.4 Å². The number of carbonyl (C=O) groups is 1. The Labute approximate surface area is 169 Å². The predicted molar refractivity (Wildman–Crippen MR) is 111 cm³/mol. The lowest BCUT2D eigenvalue weighted by Crippen LogP contribution is -2.35. The summed E-state index contributed by atoms with van der Waals surface area (Å²) < 4.78 is 12.1. The standard InChI is InChI=1S/C23H26N2O4/c1-28-18-12-10-17(11-13-18)19-7-3-2-6-15-24(19)22(26)14-16-25-20-8-4-5-9-21(20)29-23(25)27/h4-5,8-13,19H,2-3,6-7,14-16H2,1H3/t19-/m1/s1. The summed E-state index contributed by atoms with van der Waals surface area (Å²) in [4.78, 5) is 27.3. The van der Waals surface area contributed by atoms with Gasteiger partial charge in [-0.15, -0.1) is 0 Å². The third-order valence-corrected chi connectivity index (χ3v) is 5.70. The van der Waals surface area contributed by atoms with Crippen LogP contribution >= 0.6 is 0 Å². The lowest BCUT2D eigenvalue weighted by atomic mass is 10.0. The van der Waals surface area contributed by atoms with Crippen LogP contribution in [-0.4, -0.2) is 29.0 Å². The number of ether oxygens (including phenoxy) is 1. The van der Waals surface area contributed by atoms with Gasteiger partial charge in [-0.2, -0.15) is 0 Å². The Hall–Kier alpha value is -3.02. The van der Waals surface area contributed by atoms with E-state index in [1.807, 2.05) is 47.4 Å². The van der Waals surface area contributed by atoms with E-state index in [0.29, 0.717) is 12.1 Å². The first kappa shape index (κ1) is 19.3. The van der Waals surface area contributed by atoms with E-state index >= 15 is 0 Å². The van der Waals surface area contributed by atoms with Crippen molar-refractivity contribution >= 4 is 17.0 Å². The van der Waals surface area contributed by atoms with Gasteiger partial charge in [0.15, 0.2) is 5.58 Å². The quantitative estimate of drug-likeness (QED) is 0.652. The van der Waals surface area contributed by atoms with Crippen LogP contribution in [0.4, 0.5) is 0 Å². The molecule has 0 unspecified atom stereocenters. The molecule has 1 amide bonds. The first-order chi connectivity index (χ1) is 14.2. The number of rotatable bonds is 5. The van der Waals surface area contributed by atoms with E-state index in [1.54, 1.807) is 17.7 Å². The molecule has 1 aliphatic rings. The van der Waals surface area contributed by atoms with Crippen molar-refractivity contribution in [3.05, 3.63) is 64.6 Å². The molecule has 1 saturated heterocycles. The van der Waals surface area contributed by atoms with Gasteiger partial charge < -0.3 is 14.1 Å². The lowest BCUT2D eigenvalue weighted by molar-refractivity contribution is -0.133. The molecule has 0 N–H and O–H groups in total. The molecule has 0 aliphatic carbocycles. The number of aromatic nitrogens is 1. The van der Waals surface area contributed by atoms with Crippen LogP contribution in [0.3, 0.4) is 0 Å². The van der Waals surface area contributed by atoms with E-state index in [1.165, 1.54) is 0 Å². The molecule has 4 rings (SSSR count). The molecular formula is C23H26N2O4. The largest absolute Gasteiger partial charge is 0.497 e. The first-order valence-electron chi connectivity index (χ1n) is 10.2. The van der Waals surface area contributed by atoms with Crippen LogP contribution in [-0.2, 0) is 11.3 Å². The Morgan fingerprint density at radius 1 is 1.10 bits per heavy atom. The number of amides is 1. The maximum Gasteiger partial charge on any atom is 0.419 e. The van der Waals surface area contributed by atoms with Crippen LogP contribution in [0, 0.1) is 0 Å². The molecule has 0 bridgehead atoms. The third-order valence-electron chi connectivity index (χ3n) is 5.70. The summed E-state index contributed by atoms with van der Waals surface area (Å²) in [6, 6.07) is 15.3. The first-order valence-corrected chi connectivity index (χ1v) is 10.2. The summed E-state index contributed by atoms with van der Waals surface area (Å²) >= 11 is 0. The van der Waals surface area contributed by atoms with Crippen LogP contribution in [0.1, 0.15) is 43.7 Å². The second kappa shape index (κ2) is 8.55. The molecule has 0 saturated carbocycles. The smallest absolute Gasteiger partial charge is 0.419 e. The molecule has 2 aromatic carbocycles. The molecule has 1 aromatic heterocycles. The molecule has 29 heavy (non-hydrogen) atoms. The van der Waals surface area contributed by atoms with Crippen molar-refractivity contribution in [2.45, 2.75) is 44.7 Å². The van der Waals surface area contributed by atoms with Crippen LogP contribution in [0.25, 0.3) is 11.1 Å². The van der Waals surface area contributed by atoms with E-state index in [4.69, 9.17) is 9.15 Å². The number of para-hydroxylation sites is 2. The number of aryl methyl sites for hydroxylation is 1. The molecule has 2 heterocycles. The Morgan fingerprint density at radius 3 is 2.69 bits per heavy atom. The van der Waals surface area contributed by atoms with Gasteiger partial charge in [0.1, 0.15) is 5.75 Å². The minimum absolute atomic E-state index is 0.0636. The fourth-order valence-electron chi connectivity index (χ4n) is 4.16. The highest BCUT2D eigenvalue weighted by molar-refractivity contribution is 5.77. The monoisotopic (exact) mass is 394 g/mol. The molecule has 0 radical (unpaired) electrons. The highest BCUT2D eigenvalue weighted by Gasteiger charge is 2.27. The van der Waals surface area contributed by atoms with Gasteiger partial charge in [-0.25, -0.2) is 4.79 Å². The maximum atomic E-state index is 13.2. The van der Waals surface area contributed by atoms with Gasteiger partial charge in [-0.3, -0.25) is 9.36 Å². The second-order valence-corrected chi connectivity index (χ2v) is 7.46. The van der Waals surface area contributed by atoms with Crippen LogP contribution in [0.2, 0.25) is 0 Å². The number of hydrogen-bond acceptors (Lipinski definition) is 4. The van der Waals surface area contributed by atoms with Crippen LogP contribution in [0.5, 0.6) is 5.75 Å². The van der Waals surface area contributed by atoms with Gasteiger partial charge in [-0.05, 0) is 42.7 Å². The highest BCUT2D eigenvalue weighted by atomic mass is 16.5. The van der Waals surface area contributed by atoms with Gasteiger partial charge in [0.2, 0.25) is 5.91 Å². The molecule has 0 spiro atoms. The number of likely N-dealkylation sites (tertiary alicyclic amines) is 1. The summed E-state index contributed by atoms with van der Waals surface area (Å²) in [5, 5.41) is 0. The molecule has 6 heteroatoms. The van der Waals surface area contributed by atoms with Gasteiger partial charge in [0.25, 0.3) is 0 Å². The minimum Gasteiger partial charge on any atom is -0.497 e. The van der Waals surface area contributed by atoms with E-state index in [0.717, 1.165) is 49.1 Å². The molecule has 1 fully saturated rings. The molecule has 6 nitrogen and oxygen atoms in total. The summed E-state index contributed by atoms with van der Waals surface area (Å²) in [6.45, 7) is 1.07. The van der Waals surface area contributed by atoms with Crippen molar-refractivity contribution in [2.24, 2.45) is 0 Å². The zero-order valence-electron chi connectivity index (χ0n) is 16.7. The van der Waals surface area contributed by atoms with Gasteiger partial charge in [-0.1, -0.05) is 37.1 Å². The summed E-state index contributed by atoms with van der Waals surface area (Å²) in [5.74, 6) is 0.470. The molecular weight excluding hydrogens is 368 g/mol. The molecule has 152 valence electrons. The summed E-state index contributed by atoms with van der Waals surface area (Å²) in [5.41, 5.74) is 2.41.